The van der Waals surface area contributed by atoms with Crippen molar-refractivity contribution in [2.45, 2.75) is 31.0 Å². The molecule has 0 spiro atoms. The lowest BCUT2D eigenvalue weighted by atomic mass is 10.1. The number of halogens is 1. The molecule has 5 heteroatoms. The van der Waals surface area contributed by atoms with Crippen LogP contribution in [0.25, 0.3) is 0 Å². The second kappa shape index (κ2) is 6.18. The number of rotatable bonds is 3. The highest BCUT2D eigenvalue weighted by Crippen LogP contribution is 2.31. The normalized spacial score (nSPS) is 16.4. The van der Waals surface area contributed by atoms with Gasteiger partial charge in [-0.2, -0.15) is 0 Å². The molecule has 0 unspecified atom stereocenters. The number of hydrogen-bond acceptors (Lipinski definition) is 3. The quantitative estimate of drug-likeness (QED) is 0.483. The lowest BCUT2D eigenvalue weighted by Gasteiger charge is -2.22. The molecule has 0 atom stereocenters. The first-order valence-electron chi connectivity index (χ1n) is 6.30. The molecule has 0 amide bonds. The van der Waals surface area contributed by atoms with E-state index >= 15 is 0 Å². The second-order valence-corrected chi connectivity index (χ2v) is 5.18. The van der Waals surface area contributed by atoms with Crippen LogP contribution in [0.3, 0.4) is 0 Å². The first-order chi connectivity index (χ1) is 8.72. The third-order valence-electron chi connectivity index (χ3n) is 3.34. The number of nitro groups is 1. The van der Waals surface area contributed by atoms with Gasteiger partial charge in [-0.05, 0) is 24.5 Å². The second-order valence-electron chi connectivity index (χ2n) is 4.62. The minimum Gasteiger partial charge on any atom is -0.366 e. The fraction of sp³-hybridized carbons (Fsp3) is 0.538. The van der Waals surface area contributed by atoms with Crippen LogP contribution in [0.4, 0.5) is 11.4 Å². The molecular weight excluding hydrogens is 296 g/mol. The van der Waals surface area contributed by atoms with E-state index in [0.29, 0.717) is 5.33 Å². The van der Waals surface area contributed by atoms with E-state index in [-0.39, 0.29) is 10.6 Å². The summed E-state index contributed by atoms with van der Waals surface area (Å²) in [6, 6.07) is 5.52. The van der Waals surface area contributed by atoms with E-state index < -0.39 is 0 Å². The Morgan fingerprint density at radius 2 is 1.89 bits per heavy atom. The highest BCUT2D eigenvalue weighted by molar-refractivity contribution is 9.08. The summed E-state index contributed by atoms with van der Waals surface area (Å²) in [7, 11) is 0. The largest absolute Gasteiger partial charge is 0.366 e. The van der Waals surface area contributed by atoms with Gasteiger partial charge < -0.3 is 4.90 Å². The number of nitro benzene ring substituents is 1. The number of alkyl halides is 1. The van der Waals surface area contributed by atoms with Gasteiger partial charge >= 0.3 is 0 Å². The van der Waals surface area contributed by atoms with Crippen molar-refractivity contribution in [1.82, 2.24) is 0 Å². The zero-order valence-electron chi connectivity index (χ0n) is 10.3. The fourth-order valence-electron chi connectivity index (χ4n) is 2.38. The maximum Gasteiger partial charge on any atom is 0.292 e. The monoisotopic (exact) mass is 312 g/mol. The summed E-state index contributed by atoms with van der Waals surface area (Å²) >= 11 is 3.34. The summed E-state index contributed by atoms with van der Waals surface area (Å²) in [6.07, 6.45) is 4.70. The summed E-state index contributed by atoms with van der Waals surface area (Å²) in [4.78, 5) is 13.1. The van der Waals surface area contributed by atoms with Crippen molar-refractivity contribution in [3.8, 4) is 0 Å². The minimum absolute atomic E-state index is 0.230. The maximum absolute atomic E-state index is 11.2. The molecule has 1 fully saturated rings. The van der Waals surface area contributed by atoms with Crippen molar-refractivity contribution in [1.29, 1.82) is 0 Å². The van der Waals surface area contributed by atoms with Gasteiger partial charge in [0.05, 0.1) is 4.92 Å². The molecule has 1 saturated heterocycles. The number of benzene rings is 1. The van der Waals surface area contributed by atoms with E-state index in [2.05, 4.69) is 20.8 Å². The molecule has 0 N–H and O–H groups in total. The van der Waals surface area contributed by atoms with E-state index in [0.717, 1.165) is 37.2 Å². The lowest BCUT2D eigenvalue weighted by molar-refractivity contribution is -0.384. The molecular formula is C13H17BrN2O2. The van der Waals surface area contributed by atoms with Crippen LogP contribution in [0, 0.1) is 10.1 Å². The molecule has 0 bridgehead atoms. The molecule has 18 heavy (non-hydrogen) atoms. The van der Waals surface area contributed by atoms with Gasteiger partial charge in [-0.25, -0.2) is 0 Å². The van der Waals surface area contributed by atoms with Gasteiger partial charge in [-0.15, -0.1) is 0 Å². The van der Waals surface area contributed by atoms with E-state index in [9.17, 15) is 10.1 Å². The van der Waals surface area contributed by atoms with Crippen molar-refractivity contribution in [3.63, 3.8) is 0 Å². The van der Waals surface area contributed by atoms with Crippen LogP contribution in [-0.4, -0.2) is 18.0 Å². The number of hydrogen-bond donors (Lipinski definition) is 0. The Labute approximate surface area is 115 Å². The van der Waals surface area contributed by atoms with Gasteiger partial charge in [0, 0.05) is 24.5 Å². The van der Waals surface area contributed by atoms with Gasteiger partial charge in [-0.3, -0.25) is 10.1 Å². The zero-order chi connectivity index (χ0) is 13.0. The summed E-state index contributed by atoms with van der Waals surface area (Å²) in [6.45, 7) is 1.85. The third kappa shape index (κ3) is 3.02. The molecule has 1 heterocycles. The highest BCUT2D eigenvalue weighted by atomic mass is 79.9. The van der Waals surface area contributed by atoms with Crippen molar-refractivity contribution in [3.05, 3.63) is 33.9 Å². The van der Waals surface area contributed by atoms with Gasteiger partial charge in [0.1, 0.15) is 5.69 Å². The van der Waals surface area contributed by atoms with Crippen LogP contribution in [0.2, 0.25) is 0 Å². The summed E-state index contributed by atoms with van der Waals surface area (Å²) in [5, 5.41) is 11.8. The van der Waals surface area contributed by atoms with Gasteiger partial charge in [0.2, 0.25) is 0 Å². The molecule has 0 radical (unpaired) electrons. The molecule has 1 aliphatic rings. The molecule has 2 rings (SSSR count). The SMILES string of the molecule is O=[N+]([O-])c1cc(CBr)ccc1N1CCCCCC1. The Morgan fingerprint density at radius 1 is 1.22 bits per heavy atom. The zero-order valence-corrected chi connectivity index (χ0v) is 11.9. The molecule has 4 nitrogen and oxygen atoms in total. The molecule has 0 saturated carbocycles. The molecule has 1 aromatic carbocycles. The summed E-state index contributed by atoms with van der Waals surface area (Å²) in [5.41, 5.74) is 1.95. The molecule has 0 aliphatic carbocycles. The van der Waals surface area contributed by atoms with Crippen molar-refractivity contribution in [2.75, 3.05) is 18.0 Å². The van der Waals surface area contributed by atoms with Crippen molar-refractivity contribution in [2.24, 2.45) is 0 Å². The first-order valence-corrected chi connectivity index (χ1v) is 7.43. The Bertz CT molecular complexity index is 429. The number of anilines is 1. The molecule has 0 aromatic heterocycles. The van der Waals surface area contributed by atoms with Crippen LogP contribution < -0.4 is 4.90 Å². The summed E-state index contributed by atoms with van der Waals surface area (Å²) in [5.74, 6) is 0. The average Bonchev–Trinajstić information content (AvgIpc) is 2.66. The van der Waals surface area contributed by atoms with E-state index in [1.807, 2.05) is 12.1 Å². The van der Waals surface area contributed by atoms with Crippen LogP contribution in [-0.2, 0) is 5.33 Å². The van der Waals surface area contributed by atoms with Crippen molar-refractivity contribution >= 4 is 27.3 Å². The highest BCUT2D eigenvalue weighted by Gasteiger charge is 2.20. The number of nitrogens with zero attached hydrogens (tertiary/aromatic N) is 2. The van der Waals surface area contributed by atoms with Gasteiger partial charge in [-0.1, -0.05) is 34.8 Å². The Kier molecular flexibility index (Phi) is 4.58. The topological polar surface area (TPSA) is 46.4 Å². The lowest BCUT2D eigenvalue weighted by Crippen LogP contribution is -2.24. The molecule has 1 aliphatic heterocycles. The van der Waals surface area contributed by atoms with Crippen molar-refractivity contribution < 1.29 is 4.92 Å². The van der Waals surface area contributed by atoms with E-state index in [1.165, 1.54) is 12.8 Å². The van der Waals surface area contributed by atoms with Gasteiger partial charge in [0.25, 0.3) is 5.69 Å². The average molecular weight is 313 g/mol. The fourth-order valence-corrected chi connectivity index (χ4v) is 2.73. The van der Waals surface area contributed by atoms with Crippen LogP contribution in [0.15, 0.2) is 18.2 Å². The van der Waals surface area contributed by atoms with Gasteiger partial charge in [0.15, 0.2) is 0 Å². The Hall–Kier alpha value is -1.10. The maximum atomic E-state index is 11.2. The standard InChI is InChI=1S/C13H17BrN2O2/c14-10-11-5-6-12(13(9-11)16(17)18)15-7-3-1-2-4-8-15/h5-6,9H,1-4,7-8,10H2. The molecule has 1 aromatic rings. The predicted octanol–water partition coefficient (Wildman–Crippen LogP) is 3.87. The first kappa shape index (κ1) is 13.3. The third-order valence-corrected chi connectivity index (χ3v) is 3.99. The van der Waals surface area contributed by atoms with E-state index in [4.69, 9.17) is 0 Å². The van der Waals surface area contributed by atoms with Crippen LogP contribution in [0.1, 0.15) is 31.2 Å². The minimum atomic E-state index is -0.271. The smallest absolute Gasteiger partial charge is 0.292 e. The Morgan fingerprint density at radius 3 is 2.44 bits per heavy atom. The molecule has 98 valence electrons. The van der Waals surface area contributed by atoms with Crippen LogP contribution in [0.5, 0.6) is 0 Å². The predicted molar refractivity (Wildman–Crippen MR) is 76.4 cm³/mol. The van der Waals surface area contributed by atoms with Crippen LogP contribution >= 0.6 is 15.9 Å². The van der Waals surface area contributed by atoms with E-state index in [1.54, 1.807) is 6.07 Å². The Balaban J connectivity index is 2.32. The summed E-state index contributed by atoms with van der Waals surface area (Å²) < 4.78 is 0.